The van der Waals surface area contributed by atoms with Crippen LogP contribution in [0.5, 0.6) is 17.2 Å². The molecule has 0 aliphatic heterocycles. The number of carbonyl (C=O) groups excluding carboxylic acids is 1. The van der Waals surface area contributed by atoms with Gasteiger partial charge < -0.3 is 25.3 Å². The molecule has 0 aromatic heterocycles. The van der Waals surface area contributed by atoms with E-state index < -0.39 is 0 Å². The van der Waals surface area contributed by atoms with Crippen LogP contribution in [0.15, 0.2) is 42.5 Å². The zero-order valence-corrected chi connectivity index (χ0v) is 17.9. The summed E-state index contributed by atoms with van der Waals surface area (Å²) in [5.41, 5.74) is 8.23. The predicted octanol–water partition coefficient (Wildman–Crippen LogP) is 3.83. The molecule has 1 fully saturated rings. The molecule has 1 saturated carbocycles. The van der Waals surface area contributed by atoms with Crippen molar-refractivity contribution in [3.63, 3.8) is 0 Å². The van der Waals surface area contributed by atoms with Crippen molar-refractivity contribution in [3.8, 4) is 17.2 Å². The van der Waals surface area contributed by atoms with Crippen molar-refractivity contribution in [1.82, 2.24) is 5.32 Å². The molecule has 3 rings (SSSR count). The number of hydrogen-bond acceptors (Lipinski definition) is 5. The van der Waals surface area contributed by atoms with E-state index in [9.17, 15) is 4.79 Å². The Morgan fingerprint density at radius 3 is 2.40 bits per heavy atom. The summed E-state index contributed by atoms with van der Waals surface area (Å²) >= 11 is 0. The molecule has 1 atom stereocenters. The molecule has 0 radical (unpaired) electrons. The molecule has 6 nitrogen and oxygen atoms in total. The van der Waals surface area contributed by atoms with Crippen molar-refractivity contribution in [2.75, 3.05) is 27.4 Å². The van der Waals surface area contributed by atoms with Gasteiger partial charge in [0.05, 0.1) is 20.3 Å². The molecule has 6 heteroatoms. The van der Waals surface area contributed by atoms with Gasteiger partial charge in [-0.05, 0) is 48.6 Å². The molecule has 0 spiro atoms. The van der Waals surface area contributed by atoms with E-state index in [0.717, 1.165) is 17.7 Å². The molecule has 0 bridgehead atoms. The van der Waals surface area contributed by atoms with Crippen molar-refractivity contribution in [2.45, 2.75) is 38.1 Å². The summed E-state index contributed by atoms with van der Waals surface area (Å²) in [5, 5.41) is 2.99. The highest BCUT2D eigenvalue weighted by molar-refractivity contribution is 5.77. The molecule has 1 aliphatic rings. The van der Waals surface area contributed by atoms with E-state index in [-0.39, 0.29) is 18.6 Å². The van der Waals surface area contributed by atoms with E-state index in [1.54, 1.807) is 14.2 Å². The van der Waals surface area contributed by atoms with E-state index >= 15 is 0 Å². The minimum absolute atomic E-state index is 0.0183. The van der Waals surface area contributed by atoms with E-state index in [0.29, 0.717) is 23.2 Å². The highest BCUT2D eigenvalue weighted by atomic mass is 16.5. The largest absolute Gasteiger partial charge is 0.497 e. The first-order valence-corrected chi connectivity index (χ1v) is 10.6. The quantitative estimate of drug-likeness (QED) is 0.654. The number of ether oxygens (including phenoxy) is 3. The molecular formula is C24H32N2O4. The molecule has 1 aliphatic carbocycles. The number of nitrogens with one attached hydrogen (secondary N) is 1. The SMILES string of the molecule is COc1ccc(C(N)c2ccc(OCC(=O)NCC3CCCCC3)cc2)c(OC)c1. The van der Waals surface area contributed by atoms with Crippen LogP contribution in [0.25, 0.3) is 0 Å². The molecule has 1 unspecified atom stereocenters. The predicted molar refractivity (Wildman–Crippen MR) is 117 cm³/mol. The van der Waals surface area contributed by atoms with Crippen LogP contribution >= 0.6 is 0 Å². The molecule has 2 aromatic rings. The monoisotopic (exact) mass is 412 g/mol. The fourth-order valence-electron chi connectivity index (χ4n) is 3.88. The summed E-state index contributed by atoms with van der Waals surface area (Å²) < 4.78 is 16.3. The lowest BCUT2D eigenvalue weighted by atomic mass is 9.89. The minimum atomic E-state index is -0.348. The van der Waals surface area contributed by atoms with Gasteiger partial charge in [-0.25, -0.2) is 0 Å². The summed E-state index contributed by atoms with van der Waals surface area (Å²) in [7, 11) is 3.23. The van der Waals surface area contributed by atoms with Gasteiger partial charge in [0.15, 0.2) is 6.61 Å². The van der Waals surface area contributed by atoms with Crippen LogP contribution in [0.1, 0.15) is 49.3 Å². The Hall–Kier alpha value is -2.73. The molecule has 30 heavy (non-hydrogen) atoms. The Kier molecular flexibility index (Phi) is 7.97. The maximum Gasteiger partial charge on any atom is 0.257 e. The van der Waals surface area contributed by atoms with E-state index in [1.807, 2.05) is 42.5 Å². The number of nitrogens with two attached hydrogens (primary N) is 1. The third kappa shape index (κ3) is 5.89. The first-order valence-electron chi connectivity index (χ1n) is 10.6. The highest BCUT2D eigenvalue weighted by Gasteiger charge is 2.16. The smallest absolute Gasteiger partial charge is 0.257 e. The van der Waals surface area contributed by atoms with Gasteiger partial charge in [-0.1, -0.05) is 31.4 Å². The first-order chi connectivity index (χ1) is 14.6. The van der Waals surface area contributed by atoms with Gasteiger partial charge in [0, 0.05) is 18.2 Å². The van der Waals surface area contributed by atoms with Crippen molar-refractivity contribution < 1.29 is 19.0 Å². The van der Waals surface area contributed by atoms with Crippen LogP contribution < -0.4 is 25.3 Å². The minimum Gasteiger partial charge on any atom is -0.497 e. The molecule has 3 N–H and O–H groups in total. The first kappa shape index (κ1) is 22.0. The van der Waals surface area contributed by atoms with E-state index in [1.165, 1.54) is 32.1 Å². The third-order valence-electron chi connectivity index (χ3n) is 5.70. The second-order valence-electron chi connectivity index (χ2n) is 7.75. The topological polar surface area (TPSA) is 82.8 Å². The molecule has 0 saturated heterocycles. The third-order valence-corrected chi connectivity index (χ3v) is 5.70. The molecule has 1 amide bonds. The number of methoxy groups -OCH3 is 2. The fraction of sp³-hybridized carbons (Fsp3) is 0.458. The van der Waals surface area contributed by atoms with Crippen LogP contribution in [0, 0.1) is 5.92 Å². The lowest BCUT2D eigenvalue weighted by Crippen LogP contribution is -2.33. The van der Waals surface area contributed by atoms with Crippen molar-refractivity contribution in [1.29, 1.82) is 0 Å². The van der Waals surface area contributed by atoms with Crippen molar-refractivity contribution >= 4 is 5.91 Å². The fourth-order valence-corrected chi connectivity index (χ4v) is 3.88. The van der Waals surface area contributed by atoms with Crippen LogP contribution in [0.2, 0.25) is 0 Å². The van der Waals surface area contributed by atoms with Crippen LogP contribution in [0.3, 0.4) is 0 Å². The second-order valence-corrected chi connectivity index (χ2v) is 7.75. The zero-order valence-electron chi connectivity index (χ0n) is 17.9. The van der Waals surface area contributed by atoms with Crippen molar-refractivity contribution in [3.05, 3.63) is 53.6 Å². The number of hydrogen-bond donors (Lipinski definition) is 2. The standard InChI is InChI=1S/C24H32N2O4/c1-28-20-12-13-21(22(14-20)29-2)24(25)18-8-10-19(11-9-18)30-16-23(27)26-15-17-6-4-3-5-7-17/h8-14,17,24H,3-7,15-16,25H2,1-2H3,(H,26,27). The van der Waals surface area contributed by atoms with Crippen LogP contribution in [0.4, 0.5) is 0 Å². The molecular weight excluding hydrogens is 380 g/mol. The van der Waals surface area contributed by atoms with Gasteiger partial charge in [-0.2, -0.15) is 0 Å². The van der Waals surface area contributed by atoms with Crippen molar-refractivity contribution in [2.24, 2.45) is 11.7 Å². The van der Waals surface area contributed by atoms with Gasteiger partial charge in [-0.3, -0.25) is 4.79 Å². The van der Waals surface area contributed by atoms with Crippen LogP contribution in [-0.2, 0) is 4.79 Å². The number of benzene rings is 2. The molecule has 162 valence electrons. The normalized spacial score (nSPS) is 15.3. The Morgan fingerprint density at radius 2 is 1.73 bits per heavy atom. The number of carbonyl (C=O) groups is 1. The summed E-state index contributed by atoms with van der Waals surface area (Å²) in [6.07, 6.45) is 6.28. The average Bonchev–Trinajstić information content (AvgIpc) is 2.81. The summed E-state index contributed by atoms with van der Waals surface area (Å²) in [6.45, 7) is 0.768. The Balaban J connectivity index is 1.52. The summed E-state index contributed by atoms with van der Waals surface area (Å²) in [4.78, 5) is 12.1. The average molecular weight is 413 g/mol. The zero-order chi connectivity index (χ0) is 21.3. The number of amides is 1. The maximum atomic E-state index is 12.1. The molecule has 0 heterocycles. The van der Waals surface area contributed by atoms with E-state index in [2.05, 4.69) is 5.32 Å². The van der Waals surface area contributed by atoms with Crippen LogP contribution in [-0.4, -0.2) is 33.3 Å². The Bertz CT molecular complexity index is 816. The Labute approximate surface area is 178 Å². The van der Waals surface area contributed by atoms with Gasteiger partial charge in [0.25, 0.3) is 5.91 Å². The van der Waals surface area contributed by atoms with Gasteiger partial charge in [0.1, 0.15) is 17.2 Å². The van der Waals surface area contributed by atoms with Gasteiger partial charge in [-0.15, -0.1) is 0 Å². The lowest BCUT2D eigenvalue weighted by Gasteiger charge is -2.21. The maximum absolute atomic E-state index is 12.1. The van der Waals surface area contributed by atoms with E-state index in [4.69, 9.17) is 19.9 Å². The summed E-state index contributed by atoms with van der Waals surface area (Å²) in [5.74, 6) is 2.56. The second kappa shape index (κ2) is 10.9. The lowest BCUT2D eigenvalue weighted by molar-refractivity contribution is -0.123. The Morgan fingerprint density at radius 1 is 1.03 bits per heavy atom. The van der Waals surface area contributed by atoms with Gasteiger partial charge >= 0.3 is 0 Å². The molecule has 2 aromatic carbocycles. The van der Waals surface area contributed by atoms with Gasteiger partial charge in [0.2, 0.25) is 0 Å². The summed E-state index contributed by atoms with van der Waals surface area (Å²) in [6, 6.07) is 12.7. The number of rotatable bonds is 9. The highest BCUT2D eigenvalue weighted by Crippen LogP contribution is 2.32.